The van der Waals surface area contributed by atoms with Gasteiger partial charge in [0.05, 0.1) is 11.5 Å². The fourth-order valence-electron chi connectivity index (χ4n) is 1.68. The molecule has 1 aromatic carbocycles. The van der Waals surface area contributed by atoms with Crippen molar-refractivity contribution in [2.24, 2.45) is 0 Å². The van der Waals surface area contributed by atoms with Crippen LogP contribution in [-0.2, 0) is 19.1 Å². The Kier molecular flexibility index (Phi) is 7.62. The van der Waals surface area contributed by atoms with Crippen LogP contribution in [0.4, 0.5) is 5.69 Å². The SMILES string of the molecule is CCCOCCOC(=O)C(=Cc1ccc([N+](=O)[O-])cc1)C(C)=O. The van der Waals surface area contributed by atoms with Crippen LogP contribution in [0.1, 0.15) is 25.8 Å². The summed E-state index contributed by atoms with van der Waals surface area (Å²) < 4.78 is 10.2. The summed E-state index contributed by atoms with van der Waals surface area (Å²) in [6.45, 7) is 4.13. The van der Waals surface area contributed by atoms with Crippen molar-refractivity contribution in [3.8, 4) is 0 Å². The molecule has 1 aromatic rings. The molecule has 0 bridgehead atoms. The van der Waals surface area contributed by atoms with E-state index in [1.807, 2.05) is 6.92 Å². The van der Waals surface area contributed by atoms with Crippen molar-refractivity contribution in [2.45, 2.75) is 20.3 Å². The number of nitro benzene ring substituents is 1. The first-order chi connectivity index (χ1) is 11.0. The number of nitrogens with zero attached hydrogens (tertiary/aromatic N) is 1. The van der Waals surface area contributed by atoms with E-state index < -0.39 is 16.7 Å². The van der Waals surface area contributed by atoms with Crippen LogP contribution in [0.25, 0.3) is 6.08 Å². The highest BCUT2D eigenvalue weighted by Gasteiger charge is 2.16. The molecule has 1 rings (SSSR count). The smallest absolute Gasteiger partial charge is 0.341 e. The molecule has 7 heteroatoms. The van der Waals surface area contributed by atoms with E-state index in [2.05, 4.69) is 0 Å². The Labute approximate surface area is 134 Å². The monoisotopic (exact) mass is 321 g/mol. The Morgan fingerprint density at radius 3 is 2.35 bits per heavy atom. The van der Waals surface area contributed by atoms with E-state index in [-0.39, 0.29) is 24.5 Å². The Bertz CT molecular complexity index is 591. The molecular formula is C16H19NO6. The van der Waals surface area contributed by atoms with Crippen LogP contribution in [0.15, 0.2) is 29.8 Å². The second-order valence-electron chi connectivity index (χ2n) is 4.71. The first-order valence-electron chi connectivity index (χ1n) is 7.17. The molecule has 0 aliphatic carbocycles. The third-order valence-corrected chi connectivity index (χ3v) is 2.82. The second kappa shape index (κ2) is 9.47. The Hall–Kier alpha value is -2.54. The van der Waals surface area contributed by atoms with Gasteiger partial charge in [0.2, 0.25) is 0 Å². The van der Waals surface area contributed by atoms with E-state index in [0.717, 1.165) is 6.42 Å². The van der Waals surface area contributed by atoms with Gasteiger partial charge in [0.15, 0.2) is 5.78 Å². The van der Waals surface area contributed by atoms with Gasteiger partial charge >= 0.3 is 5.97 Å². The maximum absolute atomic E-state index is 11.9. The van der Waals surface area contributed by atoms with Crippen LogP contribution in [0.5, 0.6) is 0 Å². The van der Waals surface area contributed by atoms with Crippen LogP contribution >= 0.6 is 0 Å². The molecule has 23 heavy (non-hydrogen) atoms. The molecule has 0 aliphatic heterocycles. The van der Waals surface area contributed by atoms with Gasteiger partial charge in [0.1, 0.15) is 12.2 Å². The van der Waals surface area contributed by atoms with Gasteiger partial charge in [-0.1, -0.05) is 6.92 Å². The second-order valence-corrected chi connectivity index (χ2v) is 4.71. The van der Waals surface area contributed by atoms with Gasteiger partial charge in [0.25, 0.3) is 5.69 Å². The molecule has 0 fully saturated rings. The number of hydrogen-bond acceptors (Lipinski definition) is 6. The standard InChI is InChI=1S/C16H19NO6/c1-3-8-22-9-10-23-16(19)15(12(2)18)11-13-4-6-14(7-5-13)17(20)21/h4-7,11H,3,8-10H2,1-2H3. The molecule has 0 saturated heterocycles. The van der Waals surface area contributed by atoms with Gasteiger partial charge < -0.3 is 9.47 Å². The largest absolute Gasteiger partial charge is 0.460 e. The minimum Gasteiger partial charge on any atom is -0.460 e. The minimum atomic E-state index is -0.740. The molecule has 0 heterocycles. The number of hydrogen-bond donors (Lipinski definition) is 0. The topological polar surface area (TPSA) is 95.7 Å². The summed E-state index contributed by atoms with van der Waals surface area (Å²) >= 11 is 0. The molecule has 0 aromatic heterocycles. The fraction of sp³-hybridized carbons (Fsp3) is 0.375. The summed E-state index contributed by atoms with van der Waals surface area (Å²) in [5.74, 6) is -1.18. The van der Waals surface area contributed by atoms with E-state index in [0.29, 0.717) is 12.2 Å². The number of carbonyl (C=O) groups excluding carboxylic acids is 2. The highest BCUT2D eigenvalue weighted by atomic mass is 16.6. The number of non-ortho nitro benzene ring substituents is 1. The number of esters is 1. The number of ketones is 1. The third-order valence-electron chi connectivity index (χ3n) is 2.82. The number of carbonyl (C=O) groups is 2. The molecule has 0 saturated carbocycles. The fourth-order valence-corrected chi connectivity index (χ4v) is 1.68. The molecule has 0 aliphatic rings. The van der Waals surface area contributed by atoms with E-state index in [9.17, 15) is 19.7 Å². The first kappa shape index (κ1) is 18.5. The van der Waals surface area contributed by atoms with Crippen molar-refractivity contribution in [1.82, 2.24) is 0 Å². The summed E-state index contributed by atoms with van der Waals surface area (Å²) in [6.07, 6.45) is 2.22. The van der Waals surface area contributed by atoms with Gasteiger partial charge in [0, 0.05) is 18.7 Å². The Morgan fingerprint density at radius 2 is 1.83 bits per heavy atom. The van der Waals surface area contributed by atoms with E-state index in [1.54, 1.807) is 0 Å². The average Bonchev–Trinajstić information content (AvgIpc) is 2.52. The predicted molar refractivity (Wildman–Crippen MR) is 83.8 cm³/mol. The van der Waals surface area contributed by atoms with Gasteiger partial charge in [-0.15, -0.1) is 0 Å². The van der Waals surface area contributed by atoms with Crippen molar-refractivity contribution in [3.63, 3.8) is 0 Å². The van der Waals surface area contributed by atoms with Crippen LogP contribution < -0.4 is 0 Å². The van der Waals surface area contributed by atoms with E-state index in [4.69, 9.17) is 9.47 Å². The maximum atomic E-state index is 11.9. The lowest BCUT2D eigenvalue weighted by Gasteiger charge is -2.07. The maximum Gasteiger partial charge on any atom is 0.341 e. The first-order valence-corrected chi connectivity index (χ1v) is 7.17. The Balaban J connectivity index is 2.74. The number of ether oxygens (including phenoxy) is 2. The molecule has 0 spiro atoms. The van der Waals surface area contributed by atoms with Crippen molar-refractivity contribution in [1.29, 1.82) is 0 Å². The number of rotatable bonds is 9. The molecule has 0 amide bonds. The lowest BCUT2D eigenvalue weighted by atomic mass is 10.1. The minimum absolute atomic E-state index is 0.0592. The summed E-state index contributed by atoms with van der Waals surface area (Å²) in [4.78, 5) is 33.6. The molecule has 0 radical (unpaired) electrons. The lowest BCUT2D eigenvalue weighted by molar-refractivity contribution is -0.384. The van der Waals surface area contributed by atoms with Crippen LogP contribution in [-0.4, -0.2) is 36.5 Å². The van der Waals surface area contributed by atoms with E-state index in [1.165, 1.54) is 37.3 Å². The van der Waals surface area contributed by atoms with Gasteiger partial charge in [-0.05, 0) is 37.1 Å². The van der Waals surface area contributed by atoms with E-state index >= 15 is 0 Å². The Morgan fingerprint density at radius 1 is 1.17 bits per heavy atom. The summed E-state index contributed by atoms with van der Waals surface area (Å²) in [5, 5.41) is 10.6. The quantitative estimate of drug-likeness (QED) is 0.132. The highest BCUT2D eigenvalue weighted by molar-refractivity contribution is 6.19. The predicted octanol–water partition coefficient (Wildman–Crippen LogP) is 2.54. The van der Waals surface area contributed by atoms with Gasteiger partial charge in [-0.2, -0.15) is 0 Å². The highest BCUT2D eigenvalue weighted by Crippen LogP contribution is 2.15. The summed E-state index contributed by atoms with van der Waals surface area (Å²) in [7, 11) is 0. The van der Waals surface area contributed by atoms with Crippen LogP contribution in [0, 0.1) is 10.1 Å². The van der Waals surface area contributed by atoms with Crippen molar-refractivity contribution in [2.75, 3.05) is 19.8 Å². The zero-order chi connectivity index (χ0) is 17.2. The summed E-state index contributed by atoms with van der Waals surface area (Å²) in [6, 6.07) is 5.51. The van der Waals surface area contributed by atoms with Gasteiger partial charge in [-0.25, -0.2) is 4.79 Å². The average molecular weight is 321 g/mol. The molecule has 0 unspecified atom stereocenters. The molecular weight excluding hydrogens is 302 g/mol. The van der Waals surface area contributed by atoms with Crippen molar-refractivity contribution >= 4 is 23.5 Å². The number of benzene rings is 1. The third kappa shape index (κ3) is 6.39. The molecule has 7 nitrogen and oxygen atoms in total. The van der Waals surface area contributed by atoms with Crippen molar-refractivity contribution in [3.05, 3.63) is 45.5 Å². The van der Waals surface area contributed by atoms with Crippen LogP contribution in [0.3, 0.4) is 0 Å². The zero-order valence-corrected chi connectivity index (χ0v) is 13.1. The number of nitro groups is 1. The lowest BCUT2D eigenvalue weighted by Crippen LogP contribution is -2.16. The normalized spacial score (nSPS) is 11.1. The zero-order valence-electron chi connectivity index (χ0n) is 13.1. The molecule has 0 atom stereocenters. The summed E-state index contributed by atoms with van der Waals surface area (Å²) in [5.41, 5.74) is 0.316. The number of Topliss-reactive ketones (excluding diaryl/α,β-unsaturated/α-hetero) is 1. The van der Waals surface area contributed by atoms with Crippen molar-refractivity contribution < 1.29 is 24.0 Å². The van der Waals surface area contributed by atoms with Crippen LogP contribution in [0.2, 0.25) is 0 Å². The van der Waals surface area contributed by atoms with Gasteiger partial charge in [-0.3, -0.25) is 14.9 Å². The molecule has 124 valence electrons. The molecule has 0 N–H and O–H groups in total.